The zero-order valence-corrected chi connectivity index (χ0v) is 17.7. The van der Waals surface area contributed by atoms with E-state index >= 15 is 0 Å². The van der Waals surface area contributed by atoms with Crippen LogP contribution in [0.25, 0.3) is 0 Å². The van der Waals surface area contributed by atoms with Crippen LogP contribution in [0.1, 0.15) is 56.7 Å². The summed E-state index contributed by atoms with van der Waals surface area (Å²) < 4.78 is 11.4. The van der Waals surface area contributed by atoms with E-state index in [0.29, 0.717) is 17.9 Å². The van der Waals surface area contributed by atoms with Crippen molar-refractivity contribution < 1.29 is 19.4 Å². The van der Waals surface area contributed by atoms with Crippen LogP contribution in [-0.2, 0) is 4.79 Å². The zero-order valence-electron chi connectivity index (χ0n) is 17.7. The first-order valence-corrected chi connectivity index (χ1v) is 9.86. The molecule has 4 heteroatoms. The van der Waals surface area contributed by atoms with E-state index in [-0.39, 0.29) is 29.6 Å². The first-order valence-electron chi connectivity index (χ1n) is 9.86. The third-order valence-electron chi connectivity index (χ3n) is 5.08. The van der Waals surface area contributed by atoms with E-state index in [9.17, 15) is 9.90 Å². The average Bonchev–Trinajstić information content (AvgIpc) is 2.64. The van der Waals surface area contributed by atoms with Crippen molar-refractivity contribution in [2.45, 2.75) is 53.1 Å². The van der Waals surface area contributed by atoms with Crippen LogP contribution in [0.5, 0.6) is 17.2 Å². The van der Waals surface area contributed by atoms with E-state index in [4.69, 9.17) is 9.47 Å². The summed E-state index contributed by atoms with van der Waals surface area (Å²) in [4.78, 5) is 11.4. The molecule has 0 aromatic heterocycles. The zero-order chi connectivity index (χ0) is 20.8. The summed E-state index contributed by atoms with van der Waals surface area (Å²) in [5.74, 6) is 1.75. The van der Waals surface area contributed by atoms with Gasteiger partial charge in [-0.1, -0.05) is 37.6 Å². The molecule has 0 saturated heterocycles. The van der Waals surface area contributed by atoms with Crippen LogP contribution < -0.4 is 9.47 Å². The lowest BCUT2D eigenvalue weighted by molar-refractivity contribution is -0.109. The lowest BCUT2D eigenvalue weighted by atomic mass is 9.73. The molecule has 0 fully saturated rings. The van der Waals surface area contributed by atoms with E-state index < -0.39 is 0 Å². The number of rotatable bonds is 9. The number of aromatic hydroxyl groups is 1. The highest BCUT2D eigenvalue weighted by Crippen LogP contribution is 2.44. The van der Waals surface area contributed by atoms with Crippen molar-refractivity contribution in [1.29, 1.82) is 0 Å². The van der Waals surface area contributed by atoms with Gasteiger partial charge in [-0.15, -0.1) is 0 Å². The van der Waals surface area contributed by atoms with E-state index in [0.717, 1.165) is 23.0 Å². The molecule has 0 heterocycles. The molecule has 28 heavy (non-hydrogen) atoms. The molecule has 0 amide bonds. The highest BCUT2D eigenvalue weighted by atomic mass is 16.5. The van der Waals surface area contributed by atoms with Gasteiger partial charge in [-0.2, -0.15) is 0 Å². The Morgan fingerprint density at radius 2 is 1.75 bits per heavy atom. The first kappa shape index (κ1) is 21.8. The molecule has 0 bridgehead atoms. The molecule has 2 aromatic carbocycles. The summed E-state index contributed by atoms with van der Waals surface area (Å²) in [6, 6.07) is 11.5. The van der Waals surface area contributed by atoms with Crippen molar-refractivity contribution in [1.82, 2.24) is 0 Å². The minimum Gasteiger partial charge on any atom is -0.508 e. The molecular formula is C24H32O4. The smallest absolute Gasteiger partial charge is 0.161 e. The van der Waals surface area contributed by atoms with Gasteiger partial charge >= 0.3 is 0 Å². The van der Waals surface area contributed by atoms with Gasteiger partial charge in [-0.3, -0.25) is 0 Å². The Morgan fingerprint density at radius 1 is 1.04 bits per heavy atom. The summed E-state index contributed by atoms with van der Waals surface area (Å²) in [6.45, 7) is 10.2. The second-order valence-corrected chi connectivity index (χ2v) is 7.93. The van der Waals surface area contributed by atoms with Crippen molar-refractivity contribution in [3.63, 3.8) is 0 Å². The molecule has 0 aliphatic carbocycles. The summed E-state index contributed by atoms with van der Waals surface area (Å²) in [5, 5.41) is 10.6. The lowest BCUT2D eigenvalue weighted by Crippen LogP contribution is -2.21. The predicted octanol–water partition coefficient (Wildman–Crippen LogP) is 5.49. The number of phenolic OH excluding ortho intramolecular Hbond substituents is 1. The van der Waals surface area contributed by atoms with Gasteiger partial charge in [0.15, 0.2) is 11.5 Å². The van der Waals surface area contributed by atoms with Gasteiger partial charge < -0.3 is 19.4 Å². The molecule has 0 radical (unpaired) electrons. The average molecular weight is 385 g/mol. The van der Waals surface area contributed by atoms with Crippen LogP contribution in [-0.4, -0.2) is 24.6 Å². The summed E-state index contributed by atoms with van der Waals surface area (Å²) >= 11 is 0. The number of carbonyl (C=O) groups is 1. The maximum atomic E-state index is 11.4. The van der Waals surface area contributed by atoms with Gasteiger partial charge in [0.2, 0.25) is 0 Å². The molecule has 152 valence electrons. The number of hydrogen-bond donors (Lipinski definition) is 1. The molecule has 2 unspecified atom stereocenters. The maximum absolute atomic E-state index is 11.4. The fourth-order valence-corrected chi connectivity index (χ4v) is 3.71. The Morgan fingerprint density at radius 3 is 2.32 bits per heavy atom. The predicted molar refractivity (Wildman–Crippen MR) is 112 cm³/mol. The van der Waals surface area contributed by atoms with Gasteiger partial charge in [0, 0.05) is 17.9 Å². The van der Waals surface area contributed by atoms with Crippen molar-refractivity contribution in [3.05, 3.63) is 53.1 Å². The van der Waals surface area contributed by atoms with Crippen LogP contribution in [0.2, 0.25) is 0 Å². The number of aryl methyl sites for hydroxylation is 1. The Bertz CT molecular complexity index is 795. The summed E-state index contributed by atoms with van der Waals surface area (Å²) in [5.41, 5.74) is 2.90. The maximum Gasteiger partial charge on any atom is 0.161 e. The third kappa shape index (κ3) is 5.06. The van der Waals surface area contributed by atoms with Crippen LogP contribution in [0.15, 0.2) is 36.4 Å². The molecule has 2 atom stereocenters. The molecular weight excluding hydrogens is 352 g/mol. The number of carbonyl (C=O) groups excluding carboxylic acids is 1. The second-order valence-electron chi connectivity index (χ2n) is 7.93. The van der Waals surface area contributed by atoms with Crippen molar-refractivity contribution in [2.75, 3.05) is 7.11 Å². The lowest BCUT2D eigenvalue weighted by Gasteiger charge is -2.31. The van der Waals surface area contributed by atoms with Crippen LogP contribution >= 0.6 is 0 Å². The van der Waals surface area contributed by atoms with Gasteiger partial charge in [0.1, 0.15) is 12.0 Å². The van der Waals surface area contributed by atoms with E-state index in [1.807, 2.05) is 51.1 Å². The van der Waals surface area contributed by atoms with E-state index in [1.54, 1.807) is 13.2 Å². The van der Waals surface area contributed by atoms with E-state index in [1.165, 1.54) is 0 Å². The summed E-state index contributed by atoms with van der Waals surface area (Å²) in [6.07, 6.45) is 1.43. The Kier molecular flexibility index (Phi) is 7.50. The fourth-order valence-electron chi connectivity index (χ4n) is 3.71. The molecule has 4 nitrogen and oxygen atoms in total. The highest BCUT2D eigenvalue weighted by molar-refractivity contribution is 5.53. The van der Waals surface area contributed by atoms with Crippen LogP contribution in [0.3, 0.4) is 0 Å². The SMILES string of the molecule is COc1cc(C(c2cc(C)ccc2O)C(CC=O)C(C)C)ccc1OC(C)C. The molecule has 0 aliphatic heterocycles. The van der Waals surface area contributed by atoms with Crippen LogP contribution in [0.4, 0.5) is 0 Å². The first-order chi connectivity index (χ1) is 13.3. The van der Waals surface area contributed by atoms with Gasteiger partial charge in [0.25, 0.3) is 0 Å². The Balaban J connectivity index is 2.64. The third-order valence-corrected chi connectivity index (χ3v) is 5.08. The van der Waals surface area contributed by atoms with Crippen molar-refractivity contribution >= 4 is 6.29 Å². The van der Waals surface area contributed by atoms with Crippen LogP contribution in [0, 0.1) is 18.8 Å². The van der Waals surface area contributed by atoms with Gasteiger partial charge in [-0.05, 0) is 56.4 Å². The molecule has 0 aliphatic rings. The second kappa shape index (κ2) is 9.63. The molecule has 0 spiro atoms. The minimum absolute atomic E-state index is 0.0369. The molecule has 2 aromatic rings. The topological polar surface area (TPSA) is 55.8 Å². The number of phenols is 1. The number of aldehydes is 1. The monoisotopic (exact) mass is 384 g/mol. The summed E-state index contributed by atoms with van der Waals surface area (Å²) in [7, 11) is 1.62. The standard InChI is InChI=1S/C24H32O4/c1-15(2)19(11-12-25)24(20-13-17(5)7-9-21(20)26)18-8-10-22(28-16(3)4)23(14-18)27-6/h7-10,12-16,19,24,26H,11H2,1-6H3. The van der Waals surface area contributed by atoms with E-state index in [2.05, 4.69) is 13.8 Å². The Labute approximate surface area is 168 Å². The van der Waals surface area contributed by atoms with Gasteiger partial charge in [0.05, 0.1) is 13.2 Å². The normalized spacial score (nSPS) is 13.4. The number of hydrogen-bond acceptors (Lipinski definition) is 4. The molecule has 2 rings (SSSR count). The fraction of sp³-hybridized carbons (Fsp3) is 0.458. The van der Waals surface area contributed by atoms with Crippen molar-refractivity contribution in [3.8, 4) is 17.2 Å². The number of methoxy groups -OCH3 is 1. The number of ether oxygens (including phenoxy) is 2. The number of benzene rings is 2. The van der Waals surface area contributed by atoms with Crippen molar-refractivity contribution in [2.24, 2.45) is 11.8 Å². The minimum atomic E-state index is -0.132. The molecule has 1 N–H and O–H groups in total. The van der Waals surface area contributed by atoms with Gasteiger partial charge in [-0.25, -0.2) is 0 Å². The highest BCUT2D eigenvalue weighted by Gasteiger charge is 2.30. The molecule has 0 saturated carbocycles. The Hall–Kier alpha value is -2.49. The quantitative estimate of drug-likeness (QED) is 0.581. The largest absolute Gasteiger partial charge is 0.508 e.